The number of aliphatic hydroxyl groups excluding tert-OH is 1. The molecule has 1 aliphatic carbocycles. The molecule has 0 aromatic carbocycles. The molecule has 0 amide bonds. The van der Waals surface area contributed by atoms with Gasteiger partial charge in [0.2, 0.25) is 0 Å². The Morgan fingerprint density at radius 3 is 1.80 bits per heavy atom. The Balaban J connectivity index is 0.000000236. The van der Waals surface area contributed by atoms with Gasteiger partial charge in [0.15, 0.2) is 0 Å². The molecule has 0 radical (unpaired) electrons. The molecule has 1 aliphatic rings. The molecule has 10 heavy (non-hydrogen) atoms. The second kappa shape index (κ2) is 6.55. The van der Waals surface area contributed by atoms with E-state index in [1.165, 1.54) is 19.3 Å². The van der Waals surface area contributed by atoms with Gasteiger partial charge in [-0.25, -0.2) is 0 Å². The molecule has 0 aromatic rings. The van der Waals surface area contributed by atoms with E-state index >= 15 is 0 Å². The number of hydrogen-bond acceptors (Lipinski definition) is 2. The van der Waals surface area contributed by atoms with Crippen LogP contribution in [0.4, 0.5) is 0 Å². The third-order valence-corrected chi connectivity index (χ3v) is 1.57. The van der Waals surface area contributed by atoms with Crippen LogP contribution in [0.25, 0.3) is 0 Å². The quantitative estimate of drug-likeness (QED) is 0.501. The molecule has 0 aromatic heterocycles. The lowest BCUT2D eigenvalue weighted by molar-refractivity contribution is -0.122. The highest BCUT2D eigenvalue weighted by Gasteiger charge is 2.07. The van der Waals surface area contributed by atoms with Gasteiger partial charge in [-0.1, -0.05) is 19.3 Å². The minimum atomic E-state index is -0.250. The zero-order valence-electron chi connectivity index (χ0n) is 5.99. The lowest BCUT2D eigenvalue weighted by Gasteiger charge is -2.14. The molecule has 0 spiro atoms. The Morgan fingerprint density at radius 1 is 1.20 bits per heavy atom. The van der Waals surface area contributed by atoms with Gasteiger partial charge in [0, 0.05) is 0 Å². The van der Waals surface area contributed by atoms with Gasteiger partial charge >= 0.3 is 0 Å². The molecule has 1 rings (SSSR count). The van der Waals surface area contributed by atoms with E-state index in [4.69, 9.17) is 15.0 Å². The van der Waals surface area contributed by atoms with E-state index in [0.29, 0.717) is 0 Å². The van der Waals surface area contributed by atoms with Gasteiger partial charge < -0.3 is 10.2 Å². The molecular formula is C7H14O3. The molecule has 0 aliphatic heterocycles. The number of hydrogen-bond donors (Lipinski definition) is 2. The van der Waals surface area contributed by atoms with Crippen molar-refractivity contribution in [3.8, 4) is 0 Å². The van der Waals surface area contributed by atoms with Crippen molar-refractivity contribution in [3.05, 3.63) is 0 Å². The van der Waals surface area contributed by atoms with Gasteiger partial charge in [0.1, 0.15) is 0 Å². The first kappa shape index (κ1) is 9.43. The first-order valence-corrected chi connectivity index (χ1v) is 3.57. The number of aliphatic hydroxyl groups is 1. The van der Waals surface area contributed by atoms with Crippen LogP contribution in [0.5, 0.6) is 0 Å². The number of carboxylic acid groups (broad SMARTS) is 1. The largest absolute Gasteiger partial charge is 0.483 e. The summed E-state index contributed by atoms with van der Waals surface area (Å²) in [6.45, 7) is -0.250. The van der Waals surface area contributed by atoms with Crippen LogP contribution < -0.4 is 0 Å². The summed E-state index contributed by atoms with van der Waals surface area (Å²) in [4.78, 5) is 8.36. The molecule has 0 heterocycles. The summed E-state index contributed by atoms with van der Waals surface area (Å²) < 4.78 is 0. The lowest BCUT2D eigenvalue weighted by atomic mass is 9.98. The highest BCUT2D eigenvalue weighted by Crippen LogP contribution is 2.16. The average molecular weight is 146 g/mol. The first-order chi connectivity index (χ1) is 4.81. The summed E-state index contributed by atoms with van der Waals surface area (Å²) >= 11 is 0. The van der Waals surface area contributed by atoms with Crippen LogP contribution in [0.15, 0.2) is 0 Å². The summed E-state index contributed by atoms with van der Waals surface area (Å²) in [7, 11) is 0. The number of carbonyl (C=O) groups is 1. The zero-order chi connectivity index (χ0) is 7.82. The molecule has 3 heteroatoms. The molecule has 0 saturated heterocycles. The fourth-order valence-corrected chi connectivity index (χ4v) is 1.08. The van der Waals surface area contributed by atoms with Gasteiger partial charge in [-0.05, 0) is 12.8 Å². The van der Waals surface area contributed by atoms with E-state index in [0.717, 1.165) is 12.8 Å². The minimum absolute atomic E-state index is 0.0359. The van der Waals surface area contributed by atoms with Crippen molar-refractivity contribution in [2.24, 2.45) is 0 Å². The normalized spacial score (nSPS) is 18.9. The molecule has 1 saturated carbocycles. The SMILES string of the molecule is O=CO.OC1CCCCC1. The van der Waals surface area contributed by atoms with E-state index in [1.54, 1.807) is 0 Å². The van der Waals surface area contributed by atoms with Crippen molar-refractivity contribution in [2.45, 2.75) is 38.2 Å². The van der Waals surface area contributed by atoms with E-state index in [-0.39, 0.29) is 12.6 Å². The van der Waals surface area contributed by atoms with Crippen molar-refractivity contribution >= 4 is 6.47 Å². The zero-order valence-corrected chi connectivity index (χ0v) is 5.99. The van der Waals surface area contributed by atoms with Crippen LogP contribution in [0.2, 0.25) is 0 Å². The fraction of sp³-hybridized carbons (Fsp3) is 0.857. The van der Waals surface area contributed by atoms with E-state index in [2.05, 4.69) is 0 Å². The average Bonchev–Trinajstić information content (AvgIpc) is 1.91. The van der Waals surface area contributed by atoms with Gasteiger partial charge in [0.25, 0.3) is 6.47 Å². The molecule has 3 nitrogen and oxygen atoms in total. The molecule has 0 bridgehead atoms. The third-order valence-electron chi connectivity index (χ3n) is 1.57. The highest BCUT2D eigenvalue weighted by atomic mass is 16.3. The monoisotopic (exact) mass is 146 g/mol. The van der Waals surface area contributed by atoms with Crippen molar-refractivity contribution in [3.63, 3.8) is 0 Å². The third kappa shape index (κ3) is 5.56. The Hall–Kier alpha value is -0.570. The van der Waals surface area contributed by atoms with Gasteiger partial charge in [0.05, 0.1) is 6.10 Å². The summed E-state index contributed by atoms with van der Waals surface area (Å²) in [6.07, 6.45) is 5.92. The Bertz CT molecular complexity index is 76.9. The molecule has 2 N–H and O–H groups in total. The van der Waals surface area contributed by atoms with Crippen LogP contribution in [0.1, 0.15) is 32.1 Å². The van der Waals surface area contributed by atoms with Gasteiger partial charge in [-0.2, -0.15) is 0 Å². The van der Waals surface area contributed by atoms with E-state index in [9.17, 15) is 0 Å². The summed E-state index contributed by atoms with van der Waals surface area (Å²) in [6, 6.07) is 0. The minimum Gasteiger partial charge on any atom is -0.483 e. The smallest absolute Gasteiger partial charge is 0.290 e. The summed E-state index contributed by atoms with van der Waals surface area (Å²) in [5.41, 5.74) is 0. The van der Waals surface area contributed by atoms with Crippen LogP contribution in [0, 0.1) is 0 Å². The molecule has 1 fully saturated rings. The van der Waals surface area contributed by atoms with Gasteiger partial charge in [-0.15, -0.1) is 0 Å². The maximum absolute atomic E-state index is 8.91. The van der Waals surface area contributed by atoms with Crippen LogP contribution in [0.3, 0.4) is 0 Å². The predicted molar refractivity (Wildman–Crippen MR) is 37.8 cm³/mol. The first-order valence-electron chi connectivity index (χ1n) is 3.57. The Labute approximate surface area is 60.7 Å². The standard InChI is InChI=1S/C6H12O.CH2O2/c7-6-4-2-1-3-5-6;2-1-3/h6-7H,1-5H2;1H,(H,2,3). The van der Waals surface area contributed by atoms with Crippen molar-refractivity contribution in [1.82, 2.24) is 0 Å². The summed E-state index contributed by atoms with van der Waals surface area (Å²) in [5, 5.41) is 15.8. The lowest BCUT2D eigenvalue weighted by Crippen LogP contribution is -2.09. The van der Waals surface area contributed by atoms with Crippen LogP contribution in [-0.2, 0) is 4.79 Å². The molecular weight excluding hydrogens is 132 g/mol. The van der Waals surface area contributed by atoms with Crippen molar-refractivity contribution in [2.75, 3.05) is 0 Å². The Kier molecular flexibility index (Phi) is 6.18. The van der Waals surface area contributed by atoms with Crippen LogP contribution in [-0.4, -0.2) is 22.8 Å². The Morgan fingerprint density at radius 2 is 1.60 bits per heavy atom. The molecule has 0 atom stereocenters. The predicted octanol–water partition coefficient (Wildman–Crippen LogP) is 1.01. The van der Waals surface area contributed by atoms with E-state index < -0.39 is 0 Å². The van der Waals surface area contributed by atoms with Crippen LogP contribution >= 0.6 is 0 Å². The maximum Gasteiger partial charge on any atom is 0.290 e. The molecule has 0 unspecified atom stereocenters. The van der Waals surface area contributed by atoms with Gasteiger partial charge in [-0.3, -0.25) is 4.79 Å². The number of rotatable bonds is 0. The second-order valence-electron chi connectivity index (χ2n) is 2.40. The topological polar surface area (TPSA) is 57.5 Å². The van der Waals surface area contributed by atoms with Crippen molar-refractivity contribution in [1.29, 1.82) is 0 Å². The second-order valence-corrected chi connectivity index (χ2v) is 2.40. The maximum atomic E-state index is 8.91. The highest BCUT2D eigenvalue weighted by molar-refractivity contribution is 5.32. The van der Waals surface area contributed by atoms with Crippen molar-refractivity contribution < 1.29 is 15.0 Å². The van der Waals surface area contributed by atoms with E-state index in [1.807, 2.05) is 0 Å². The fourth-order valence-electron chi connectivity index (χ4n) is 1.08. The molecule has 60 valence electrons. The summed E-state index contributed by atoms with van der Waals surface area (Å²) in [5.74, 6) is 0.